The largest absolute Gasteiger partial charge is 0.372 e. The maximum absolute atomic E-state index is 5.84. The van der Waals surface area contributed by atoms with Gasteiger partial charge < -0.3 is 14.5 Å². The van der Waals surface area contributed by atoms with Crippen LogP contribution < -0.4 is 4.90 Å². The second kappa shape index (κ2) is 5.24. The number of rotatable bonds is 3. The fraction of sp³-hybridized carbons (Fsp3) is 0.684. The molecule has 0 radical (unpaired) electrons. The van der Waals surface area contributed by atoms with Crippen molar-refractivity contribution >= 4 is 5.69 Å². The summed E-state index contributed by atoms with van der Waals surface area (Å²) in [4.78, 5) is 5.07. The van der Waals surface area contributed by atoms with E-state index >= 15 is 0 Å². The minimum absolute atomic E-state index is 0.322. The molecule has 4 rings (SSSR count). The number of benzene rings is 1. The highest BCUT2D eigenvalue weighted by Crippen LogP contribution is 2.58. The molecule has 2 saturated heterocycles. The van der Waals surface area contributed by atoms with Gasteiger partial charge in [-0.1, -0.05) is 19.1 Å². The van der Waals surface area contributed by atoms with Gasteiger partial charge in [0.05, 0.1) is 12.2 Å². The molecule has 0 spiro atoms. The standard InChI is InChI=1S/C19H28N2O/c1-4-20-12-17-9-19(17,13-20)16-5-7-18(8-6-16)21-10-14(2)22-15(3)11-21/h5-8,14-15,17H,4,9-13H2,1-3H3/t14?,15?,17-,19+/m1/s1. The molecule has 2 unspecified atom stereocenters. The lowest BCUT2D eigenvalue weighted by Crippen LogP contribution is -2.45. The van der Waals surface area contributed by atoms with Crippen LogP contribution in [0.4, 0.5) is 5.69 Å². The first kappa shape index (κ1) is 14.5. The lowest BCUT2D eigenvalue weighted by Gasteiger charge is -2.37. The summed E-state index contributed by atoms with van der Waals surface area (Å²) < 4.78 is 5.84. The molecule has 0 amide bonds. The summed E-state index contributed by atoms with van der Waals surface area (Å²) in [5.41, 5.74) is 3.40. The lowest BCUT2D eigenvalue weighted by molar-refractivity contribution is -0.00521. The highest BCUT2D eigenvalue weighted by Gasteiger charge is 2.60. The van der Waals surface area contributed by atoms with Gasteiger partial charge in [-0.2, -0.15) is 0 Å². The van der Waals surface area contributed by atoms with E-state index in [1.165, 1.54) is 31.7 Å². The van der Waals surface area contributed by atoms with Crippen molar-refractivity contribution in [3.8, 4) is 0 Å². The van der Waals surface area contributed by atoms with Crippen LogP contribution in [-0.4, -0.2) is 49.8 Å². The zero-order chi connectivity index (χ0) is 15.3. The number of hydrogen-bond acceptors (Lipinski definition) is 3. The number of nitrogens with zero attached hydrogens (tertiary/aromatic N) is 2. The predicted molar refractivity (Wildman–Crippen MR) is 90.6 cm³/mol. The number of hydrogen-bond donors (Lipinski definition) is 0. The maximum Gasteiger partial charge on any atom is 0.0726 e. The summed E-state index contributed by atoms with van der Waals surface area (Å²) >= 11 is 0. The fourth-order valence-corrected chi connectivity index (χ4v) is 4.67. The van der Waals surface area contributed by atoms with Gasteiger partial charge in [-0.15, -0.1) is 0 Å². The molecule has 22 heavy (non-hydrogen) atoms. The molecule has 2 heterocycles. The molecule has 2 aliphatic heterocycles. The Bertz CT molecular complexity index is 533. The Morgan fingerprint density at radius 3 is 2.36 bits per heavy atom. The molecular weight excluding hydrogens is 272 g/mol. The van der Waals surface area contributed by atoms with Gasteiger partial charge >= 0.3 is 0 Å². The van der Waals surface area contributed by atoms with E-state index < -0.39 is 0 Å². The molecule has 1 aliphatic carbocycles. The van der Waals surface area contributed by atoms with Crippen LogP contribution in [0.2, 0.25) is 0 Å². The van der Waals surface area contributed by atoms with E-state index in [2.05, 4.69) is 54.8 Å². The molecule has 120 valence electrons. The van der Waals surface area contributed by atoms with Crippen molar-refractivity contribution in [2.24, 2.45) is 5.92 Å². The van der Waals surface area contributed by atoms with Crippen LogP contribution in [0.15, 0.2) is 24.3 Å². The van der Waals surface area contributed by atoms with Gasteiger partial charge in [0.1, 0.15) is 0 Å². The molecule has 1 aromatic rings. The predicted octanol–water partition coefficient (Wildman–Crippen LogP) is 2.89. The van der Waals surface area contributed by atoms with Crippen LogP contribution in [0.25, 0.3) is 0 Å². The average Bonchev–Trinajstić information content (AvgIpc) is 3.08. The summed E-state index contributed by atoms with van der Waals surface area (Å²) in [6, 6.07) is 9.44. The molecule has 1 aromatic carbocycles. The Kier molecular flexibility index (Phi) is 3.46. The van der Waals surface area contributed by atoms with Crippen LogP contribution in [0, 0.1) is 5.92 Å². The van der Waals surface area contributed by atoms with Crippen molar-refractivity contribution in [3.63, 3.8) is 0 Å². The first-order chi connectivity index (χ1) is 10.6. The first-order valence-electron chi connectivity index (χ1n) is 8.84. The Morgan fingerprint density at radius 1 is 1.09 bits per heavy atom. The van der Waals surface area contributed by atoms with Crippen LogP contribution >= 0.6 is 0 Å². The molecule has 0 aromatic heterocycles. The Labute approximate surface area is 134 Å². The van der Waals surface area contributed by atoms with E-state index in [0.717, 1.165) is 19.0 Å². The van der Waals surface area contributed by atoms with Gasteiger partial charge in [0, 0.05) is 37.3 Å². The van der Waals surface area contributed by atoms with Crippen LogP contribution in [0.5, 0.6) is 0 Å². The summed E-state index contributed by atoms with van der Waals surface area (Å²) in [6.07, 6.45) is 2.04. The Hall–Kier alpha value is -1.06. The number of morpholine rings is 1. The van der Waals surface area contributed by atoms with Crippen molar-refractivity contribution in [1.29, 1.82) is 0 Å². The molecule has 0 N–H and O–H groups in total. The molecule has 3 heteroatoms. The van der Waals surface area contributed by atoms with Crippen LogP contribution in [-0.2, 0) is 10.2 Å². The molecule has 3 aliphatic rings. The zero-order valence-electron chi connectivity index (χ0n) is 14.1. The summed E-state index contributed by atoms with van der Waals surface area (Å²) in [5, 5.41) is 0. The number of piperidine rings is 1. The molecule has 0 bridgehead atoms. The highest BCUT2D eigenvalue weighted by atomic mass is 16.5. The van der Waals surface area contributed by atoms with Crippen molar-refractivity contribution in [1.82, 2.24) is 4.90 Å². The quantitative estimate of drug-likeness (QED) is 0.853. The molecular formula is C19H28N2O. The van der Waals surface area contributed by atoms with E-state index in [1.807, 2.05) is 0 Å². The minimum atomic E-state index is 0.322. The second-order valence-corrected chi connectivity index (χ2v) is 7.59. The summed E-state index contributed by atoms with van der Waals surface area (Å²) in [6.45, 7) is 12.4. The van der Waals surface area contributed by atoms with Crippen molar-refractivity contribution < 1.29 is 4.74 Å². The van der Waals surface area contributed by atoms with Crippen molar-refractivity contribution in [2.45, 2.75) is 44.8 Å². The van der Waals surface area contributed by atoms with Crippen LogP contribution in [0.3, 0.4) is 0 Å². The summed E-state index contributed by atoms with van der Waals surface area (Å²) in [7, 11) is 0. The number of likely N-dealkylation sites (N-methyl/N-ethyl adjacent to an activating group) is 1. The smallest absolute Gasteiger partial charge is 0.0726 e. The van der Waals surface area contributed by atoms with Gasteiger partial charge in [-0.05, 0) is 50.4 Å². The normalized spacial score (nSPS) is 38.1. The summed E-state index contributed by atoms with van der Waals surface area (Å²) in [5.74, 6) is 0.904. The van der Waals surface area contributed by atoms with Crippen LogP contribution in [0.1, 0.15) is 32.8 Å². The van der Waals surface area contributed by atoms with Gasteiger partial charge in [0.25, 0.3) is 0 Å². The van der Waals surface area contributed by atoms with E-state index in [9.17, 15) is 0 Å². The van der Waals surface area contributed by atoms with E-state index in [4.69, 9.17) is 4.74 Å². The van der Waals surface area contributed by atoms with E-state index in [0.29, 0.717) is 17.6 Å². The van der Waals surface area contributed by atoms with Gasteiger partial charge in [-0.3, -0.25) is 0 Å². The van der Waals surface area contributed by atoms with Gasteiger partial charge in [0.15, 0.2) is 0 Å². The molecule has 3 nitrogen and oxygen atoms in total. The Morgan fingerprint density at radius 2 is 1.77 bits per heavy atom. The maximum atomic E-state index is 5.84. The first-order valence-corrected chi connectivity index (χ1v) is 8.84. The minimum Gasteiger partial charge on any atom is -0.372 e. The third-order valence-corrected chi connectivity index (χ3v) is 5.89. The zero-order valence-corrected chi connectivity index (χ0v) is 14.1. The number of likely N-dealkylation sites (tertiary alicyclic amines) is 1. The third kappa shape index (κ3) is 2.35. The number of fused-ring (bicyclic) bond motifs is 1. The number of anilines is 1. The number of ether oxygens (including phenoxy) is 1. The van der Waals surface area contributed by atoms with Gasteiger partial charge in [-0.25, -0.2) is 0 Å². The van der Waals surface area contributed by atoms with E-state index in [-0.39, 0.29) is 0 Å². The molecule has 4 atom stereocenters. The van der Waals surface area contributed by atoms with Gasteiger partial charge in [0.2, 0.25) is 0 Å². The molecule has 3 fully saturated rings. The highest BCUT2D eigenvalue weighted by molar-refractivity contribution is 5.51. The molecule has 1 saturated carbocycles. The topological polar surface area (TPSA) is 15.7 Å². The third-order valence-electron chi connectivity index (χ3n) is 5.89. The SMILES string of the molecule is CCN1C[C@H]2C[C@@]2(c2ccc(N3CC(C)OC(C)C3)cc2)C1. The lowest BCUT2D eigenvalue weighted by atomic mass is 9.94. The average molecular weight is 300 g/mol. The van der Waals surface area contributed by atoms with Crippen molar-refractivity contribution in [3.05, 3.63) is 29.8 Å². The van der Waals surface area contributed by atoms with Crippen molar-refractivity contribution in [2.75, 3.05) is 37.6 Å². The van der Waals surface area contributed by atoms with E-state index in [1.54, 1.807) is 5.56 Å². The fourth-order valence-electron chi connectivity index (χ4n) is 4.67. The Balaban J connectivity index is 1.50. The second-order valence-electron chi connectivity index (χ2n) is 7.59. The monoisotopic (exact) mass is 300 g/mol.